The quantitative estimate of drug-likeness (QED) is 0.0678. The van der Waals surface area contributed by atoms with Crippen LogP contribution < -0.4 is 5.32 Å². The average molecular weight is 790 g/mol. The average Bonchev–Trinajstić information content (AvgIpc) is 3.06. The van der Waals surface area contributed by atoms with E-state index in [-0.39, 0.29) is 6.42 Å². The van der Waals surface area contributed by atoms with Crippen LogP contribution in [0.25, 0.3) is 0 Å². The van der Waals surface area contributed by atoms with Gasteiger partial charge < -0.3 is 48.3 Å². The minimum atomic E-state index is -1.58. The summed E-state index contributed by atoms with van der Waals surface area (Å²) >= 11 is 0. The van der Waals surface area contributed by atoms with Gasteiger partial charge in [0.1, 0.15) is 17.8 Å². The lowest BCUT2D eigenvalue weighted by atomic mass is 9.97. The van der Waals surface area contributed by atoms with Crippen molar-refractivity contribution in [2.75, 3.05) is 13.2 Å². The molecule has 0 radical (unpaired) electrons. The van der Waals surface area contributed by atoms with Crippen molar-refractivity contribution in [1.29, 1.82) is 0 Å². The molecule has 0 aliphatic carbocycles. The van der Waals surface area contributed by atoms with Crippen molar-refractivity contribution in [1.82, 2.24) is 5.32 Å². The van der Waals surface area contributed by atoms with E-state index < -0.39 is 104 Å². The molecular weight excluding hydrogens is 722 g/mol. The molecule has 55 heavy (non-hydrogen) atoms. The molecule has 2 N–H and O–H groups in total. The molecule has 8 atom stereocenters. The number of alkyl carbamates (subject to hydrolysis) is 1. The van der Waals surface area contributed by atoms with Crippen molar-refractivity contribution in [3.05, 3.63) is 0 Å². The Balaban J connectivity index is 3.34. The minimum absolute atomic E-state index is 0.280. The third-order valence-electron chi connectivity index (χ3n) is 8.54. The summed E-state index contributed by atoms with van der Waals surface area (Å²) in [6.07, 6.45) is 3.06. The van der Waals surface area contributed by atoms with Crippen molar-refractivity contribution in [2.24, 2.45) is 0 Å². The van der Waals surface area contributed by atoms with E-state index in [1.54, 1.807) is 20.8 Å². The van der Waals surface area contributed by atoms with E-state index >= 15 is 0 Å². The van der Waals surface area contributed by atoms with Crippen LogP contribution in [0.1, 0.15) is 146 Å². The van der Waals surface area contributed by atoms with E-state index in [4.69, 9.17) is 37.9 Å². The van der Waals surface area contributed by atoms with Gasteiger partial charge in [0.2, 0.25) is 0 Å². The molecule has 0 aromatic carbocycles. The number of esters is 5. The summed E-state index contributed by atoms with van der Waals surface area (Å²) in [5.74, 6) is -3.82. The number of rotatable bonds is 25. The van der Waals surface area contributed by atoms with E-state index in [2.05, 4.69) is 12.2 Å². The lowest BCUT2D eigenvalue weighted by molar-refractivity contribution is -0.309. The SMILES string of the molecule is CCCCCCCCCCCCCC[C@@H](OC(C)=O)[C@@H](OC(C)=O)[C@H](CO[C@H]1O[C@H](CO)[C@H](OC(C)=O)[C@H](OC(C)=O)[C@H]1OC(C)=O)NC(=O)OC(C)(C)C. The van der Waals surface area contributed by atoms with Crippen LogP contribution in [-0.4, -0.2) is 109 Å². The van der Waals surface area contributed by atoms with Crippen LogP contribution in [0.5, 0.6) is 0 Å². The molecule has 0 unspecified atom stereocenters. The monoisotopic (exact) mass is 789 g/mol. The fraction of sp³-hybridized carbons (Fsp3) is 0.846. The van der Waals surface area contributed by atoms with Crippen LogP contribution in [-0.2, 0) is 61.9 Å². The Morgan fingerprint density at radius 3 is 1.58 bits per heavy atom. The molecule has 0 aromatic rings. The minimum Gasteiger partial charge on any atom is -0.459 e. The maximum absolute atomic E-state index is 13.2. The number of nitrogens with one attached hydrogen (secondary N) is 1. The number of aliphatic hydroxyl groups excluding tert-OH is 1. The molecule has 0 aromatic heterocycles. The number of aliphatic hydroxyl groups is 1. The lowest BCUT2D eigenvalue weighted by Crippen LogP contribution is -2.63. The highest BCUT2D eigenvalue weighted by molar-refractivity contribution is 5.70. The zero-order valence-corrected chi connectivity index (χ0v) is 34.4. The zero-order chi connectivity index (χ0) is 41.6. The zero-order valence-electron chi connectivity index (χ0n) is 34.4. The summed E-state index contributed by atoms with van der Waals surface area (Å²) in [4.78, 5) is 74.5. The molecule has 1 saturated heterocycles. The summed E-state index contributed by atoms with van der Waals surface area (Å²) < 4.78 is 45.0. The summed E-state index contributed by atoms with van der Waals surface area (Å²) in [7, 11) is 0. The second-order valence-corrected chi connectivity index (χ2v) is 14.9. The highest BCUT2D eigenvalue weighted by Gasteiger charge is 2.52. The maximum atomic E-state index is 13.2. The molecule has 0 saturated carbocycles. The molecule has 1 amide bonds. The normalized spacial score (nSPS) is 21.3. The Morgan fingerprint density at radius 2 is 1.13 bits per heavy atom. The van der Waals surface area contributed by atoms with Crippen LogP contribution >= 0.6 is 0 Å². The van der Waals surface area contributed by atoms with Crippen molar-refractivity contribution >= 4 is 35.9 Å². The Labute approximate surface area is 326 Å². The summed E-state index contributed by atoms with van der Waals surface area (Å²) in [6, 6.07) is -1.26. The van der Waals surface area contributed by atoms with Gasteiger partial charge in [-0.1, -0.05) is 77.6 Å². The van der Waals surface area contributed by atoms with Gasteiger partial charge in [0.25, 0.3) is 0 Å². The van der Waals surface area contributed by atoms with Gasteiger partial charge in [-0.15, -0.1) is 0 Å². The first-order valence-electron chi connectivity index (χ1n) is 19.6. The van der Waals surface area contributed by atoms with E-state index in [0.717, 1.165) is 46.5 Å². The summed E-state index contributed by atoms with van der Waals surface area (Å²) in [5, 5.41) is 12.8. The first-order chi connectivity index (χ1) is 25.9. The number of amides is 1. The molecule has 0 spiro atoms. The van der Waals surface area contributed by atoms with Crippen LogP contribution in [0, 0.1) is 0 Å². The van der Waals surface area contributed by atoms with Crippen LogP contribution in [0.4, 0.5) is 4.79 Å². The molecule has 1 rings (SSSR count). The van der Waals surface area contributed by atoms with Gasteiger partial charge in [0.05, 0.1) is 19.3 Å². The number of hydrogen-bond donors (Lipinski definition) is 2. The number of carbonyl (C=O) groups is 6. The Morgan fingerprint density at radius 1 is 0.655 bits per heavy atom. The molecule has 1 heterocycles. The van der Waals surface area contributed by atoms with Crippen LogP contribution in [0.2, 0.25) is 0 Å². The topological polar surface area (TPSA) is 209 Å². The molecular formula is C39H67NO15. The molecule has 16 heteroatoms. The predicted molar refractivity (Wildman–Crippen MR) is 198 cm³/mol. The first kappa shape index (κ1) is 49.5. The van der Waals surface area contributed by atoms with E-state index in [1.807, 2.05) is 0 Å². The van der Waals surface area contributed by atoms with Crippen molar-refractivity contribution in [2.45, 2.75) is 200 Å². The molecule has 1 aliphatic heterocycles. The maximum Gasteiger partial charge on any atom is 0.408 e. The predicted octanol–water partition coefficient (Wildman–Crippen LogP) is 5.36. The number of unbranched alkanes of at least 4 members (excludes halogenated alkanes) is 11. The van der Waals surface area contributed by atoms with Gasteiger partial charge in [-0.2, -0.15) is 0 Å². The van der Waals surface area contributed by atoms with Crippen molar-refractivity contribution in [3.8, 4) is 0 Å². The highest BCUT2D eigenvalue weighted by Crippen LogP contribution is 2.30. The fourth-order valence-electron chi connectivity index (χ4n) is 6.31. The molecule has 318 valence electrons. The van der Waals surface area contributed by atoms with Gasteiger partial charge in [-0.25, -0.2) is 4.79 Å². The van der Waals surface area contributed by atoms with Gasteiger partial charge in [0, 0.05) is 34.6 Å². The Bertz CT molecular complexity index is 1190. The second-order valence-electron chi connectivity index (χ2n) is 14.9. The Kier molecular flexibility index (Phi) is 23.7. The molecule has 0 bridgehead atoms. The molecule has 1 aliphatic rings. The second kappa shape index (κ2) is 26.4. The third-order valence-corrected chi connectivity index (χ3v) is 8.54. The number of carbonyl (C=O) groups excluding carboxylic acids is 6. The van der Waals surface area contributed by atoms with Gasteiger partial charge in [-0.3, -0.25) is 24.0 Å². The van der Waals surface area contributed by atoms with Gasteiger partial charge in [0.15, 0.2) is 30.7 Å². The number of hydrogen-bond acceptors (Lipinski definition) is 15. The molecule has 1 fully saturated rings. The van der Waals surface area contributed by atoms with Crippen LogP contribution in [0.15, 0.2) is 0 Å². The summed E-state index contributed by atoms with van der Waals surface area (Å²) in [5.41, 5.74) is -0.930. The lowest BCUT2D eigenvalue weighted by Gasteiger charge is -2.44. The van der Waals surface area contributed by atoms with E-state index in [1.165, 1.54) is 58.8 Å². The van der Waals surface area contributed by atoms with Gasteiger partial charge >= 0.3 is 35.9 Å². The summed E-state index contributed by atoms with van der Waals surface area (Å²) in [6.45, 7) is 11.6. The smallest absolute Gasteiger partial charge is 0.408 e. The number of ether oxygens (including phenoxy) is 8. The first-order valence-corrected chi connectivity index (χ1v) is 19.6. The van der Waals surface area contributed by atoms with Gasteiger partial charge in [-0.05, 0) is 33.6 Å². The highest BCUT2D eigenvalue weighted by atomic mass is 16.7. The fourth-order valence-corrected chi connectivity index (χ4v) is 6.31. The largest absolute Gasteiger partial charge is 0.459 e. The standard InChI is InChI=1S/C39H67NO15/c1-10-11-12-13-14-15-16-17-18-19-20-21-22-31(49-25(2)42)33(50-26(3)43)30(40-38(47)55-39(7,8)9)24-48-37-36(53-29(6)46)35(52-28(5)45)34(51-27(4)44)32(23-41)54-37/h30-37,41H,10-24H2,1-9H3,(H,40,47)/t30-,31+,32+,33-,34-,35-,36+,37-/m0/s1. The van der Waals surface area contributed by atoms with E-state index in [9.17, 15) is 33.9 Å². The van der Waals surface area contributed by atoms with Crippen molar-refractivity contribution in [3.63, 3.8) is 0 Å². The van der Waals surface area contributed by atoms with Crippen molar-refractivity contribution < 1.29 is 71.8 Å². The van der Waals surface area contributed by atoms with E-state index in [0.29, 0.717) is 6.42 Å². The Hall–Kier alpha value is -3.50. The van der Waals surface area contributed by atoms with Crippen LogP contribution in [0.3, 0.4) is 0 Å². The third kappa shape index (κ3) is 21.4. The molecule has 16 nitrogen and oxygen atoms in total.